The second kappa shape index (κ2) is 6.52. The number of aliphatic imine (C=N–C) groups is 1. The summed E-state index contributed by atoms with van der Waals surface area (Å²) in [7, 11) is 0. The number of hydrogen-bond donors (Lipinski definition) is 1. The molecule has 1 N–H and O–H groups in total. The summed E-state index contributed by atoms with van der Waals surface area (Å²) >= 11 is 0. The van der Waals surface area contributed by atoms with Crippen LogP contribution in [0.4, 0.5) is 5.69 Å². The van der Waals surface area contributed by atoms with Crippen molar-refractivity contribution in [2.75, 3.05) is 13.1 Å². The van der Waals surface area contributed by atoms with Crippen LogP contribution in [0.1, 0.15) is 49.4 Å². The maximum Gasteiger partial charge on any atom is 0.159 e. The van der Waals surface area contributed by atoms with Gasteiger partial charge in [-0.25, -0.2) is 0 Å². The van der Waals surface area contributed by atoms with E-state index in [1.807, 2.05) is 24.3 Å². The zero-order chi connectivity index (χ0) is 14.7. The second-order valence-electron chi connectivity index (χ2n) is 6.45. The van der Waals surface area contributed by atoms with Gasteiger partial charge in [0.05, 0.1) is 24.8 Å². The fourth-order valence-electron chi connectivity index (χ4n) is 3.84. The van der Waals surface area contributed by atoms with Crippen molar-refractivity contribution in [2.24, 2.45) is 10.9 Å². The van der Waals surface area contributed by atoms with Crippen LogP contribution in [0.25, 0.3) is 0 Å². The third-order valence-electron chi connectivity index (χ3n) is 5.03. The third kappa shape index (κ3) is 3.41. The highest BCUT2D eigenvalue weighted by Crippen LogP contribution is 2.20. The first-order valence-corrected chi connectivity index (χ1v) is 8.24. The summed E-state index contributed by atoms with van der Waals surface area (Å²) in [6.45, 7) is 4.30. The highest BCUT2D eigenvalue weighted by Gasteiger charge is 2.35. The van der Waals surface area contributed by atoms with E-state index in [0.717, 1.165) is 17.3 Å². The summed E-state index contributed by atoms with van der Waals surface area (Å²) < 4.78 is 0. The predicted molar refractivity (Wildman–Crippen MR) is 85.7 cm³/mol. The molecule has 0 amide bonds. The third-order valence-corrected chi connectivity index (χ3v) is 5.03. The van der Waals surface area contributed by atoms with Crippen LogP contribution in [-0.4, -0.2) is 31.1 Å². The summed E-state index contributed by atoms with van der Waals surface area (Å²) in [6, 6.07) is 8.42. The normalized spacial score (nSPS) is 29.3. The minimum Gasteiger partial charge on any atom is -0.332 e. The van der Waals surface area contributed by atoms with Gasteiger partial charge in [0, 0.05) is 24.1 Å². The van der Waals surface area contributed by atoms with Crippen molar-refractivity contribution in [2.45, 2.75) is 45.1 Å². The van der Waals surface area contributed by atoms with Crippen molar-refractivity contribution in [3.63, 3.8) is 0 Å². The van der Waals surface area contributed by atoms with Gasteiger partial charge in [-0.2, -0.15) is 0 Å². The topological polar surface area (TPSA) is 33.9 Å². The zero-order valence-corrected chi connectivity index (χ0v) is 12.8. The van der Waals surface area contributed by atoms with Gasteiger partial charge in [-0.1, -0.05) is 0 Å². The number of benzene rings is 1. The van der Waals surface area contributed by atoms with Gasteiger partial charge in [-0.15, -0.1) is 0 Å². The molecule has 2 heterocycles. The lowest BCUT2D eigenvalue weighted by molar-refractivity contribution is -0.938. The minimum atomic E-state index is 0.110. The molecule has 0 aromatic heterocycles. The van der Waals surface area contributed by atoms with Crippen LogP contribution in [0.15, 0.2) is 29.3 Å². The maximum atomic E-state index is 11.3. The minimum absolute atomic E-state index is 0.110. The molecular formula is C18H25N2O+. The largest absolute Gasteiger partial charge is 0.332 e. The predicted octanol–water partition coefficient (Wildman–Crippen LogP) is 2.44. The Hall–Kier alpha value is -1.48. The van der Waals surface area contributed by atoms with Gasteiger partial charge in [-0.3, -0.25) is 9.79 Å². The molecule has 0 spiro atoms. The first-order valence-electron chi connectivity index (χ1n) is 8.24. The van der Waals surface area contributed by atoms with Gasteiger partial charge >= 0.3 is 0 Å². The smallest absolute Gasteiger partial charge is 0.159 e. The summed E-state index contributed by atoms with van der Waals surface area (Å²) in [5.74, 6) is 0.737. The Labute approximate surface area is 127 Å². The lowest BCUT2D eigenvalue weighted by Gasteiger charge is -2.39. The molecule has 0 radical (unpaired) electrons. The number of carbonyl (C=O) groups is 1. The van der Waals surface area contributed by atoms with Crippen LogP contribution < -0.4 is 4.90 Å². The van der Waals surface area contributed by atoms with Crippen molar-refractivity contribution in [1.82, 2.24) is 0 Å². The molecular weight excluding hydrogens is 260 g/mol. The molecule has 1 aromatic rings. The number of rotatable bonds is 3. The van der Waals surface area contributed by atoms with Crippen LogP contribution in [0.2, 0.25) is 0 Å². The Balaban J connectivity index is 1.68. The molecule has 3 heteroatoms. The second-order valence-corrected chi connectivity index (χ2v) is 6.45. The first kappa shape index (κ1) is 14.5. The highest BCUT2D eigenvalue weighted by atomic mass is 16.1. The molecule has 3 nitrogen and oxygen atoms in total. The van der Waals surface area contributed by atoms with Gasteiger partial charge in [-0.05, 0) is 56.9 Å². The Morgan fingerprint density at radius 2 is 1.90 bits per heavy atom. The van der Waals surface area contributed by atoms with Crippen molar-refractivity contribution >= 4 is 17.7 Å². The molecule has 0 aliphatic carbocycles. The average Bonchev–Trinajstić information content (AvgIpc) is 2.53. The van der Waals surface area contributed by atoms with Crippen molar-refractivity contribution in [3.05, 3.63) is 29.8 Å². The van der Waals surface area contributed by atoms with E-state index in [0.29, 0.717) is 5.92 Å². The van der Waals surface area contributed by atoms with E-state index >= 15 is 0 Å². The summed E-state index contributed by atoms with van der Waals surface area (Å²) in [5, 5.41) is 0. The molecule has 2 aliphatic rings. The van der Waals surface area contributed by atoms with E-state index in [1.54, 1.807) is 11.8 Å². The number of fused-ring (bicyclic) bond motifs is 1. The van der Waals surface area contributed by atoms with E-state index in [4.69, 9.17) is 0 Å². The molecule has 3 rings (SSSR count). The molecule has 21 heavy (non-hydrogen) atoms. The fraction of sp³-hybridized carbons (Fsp3) is 0.556. The quantitative estimate of drug-likeness (QED) is 0.672. The number of nitrogens with zero attached hydrogens (tertiary/aromatic N) is 1. The number of nitrogens with one attached hydrogen (secondary N) is 1. The highest BCUT2D eigenvalue weighted by molar-refractivity contribution is 5.94. The summed E-state index contributed by atoms with van der Waals surface area (Å²) in [6.07, 6.45) is 8.91. The van der Waals surface area contributed by atoms with Crippen LogP contribution in [0.5, 0.6) is 0 Å². The van der Waals surface area contributed by atoms with Gasteiger partial charge < -0.3 is 4.90 Å². The van der Waals surface area contributed by atoms with E-state index in [-0.39, 0.29) is 5.78 Å². The lowest BCUT2D eigenvalue weighted by atomic mass is 9.84. The Kier molecular flexibility index (Phi) is 4.49. The molecule has 1 unspecified atom stereocenters. The number of Topliss-reactive ketones (excluding diaryl/α,β-unsaturated/α-hetero) is 1. The maximum absolute atomic E-state index is 11.3. The Bertz CT molecular complexity index is 519. The standard InChI is InChI=1S/C18H24N2O/c1-14(21)15-7-9-17(10-8-15)19-13-16-5-4-12-20-11-3-2-6-18(16)20/h7-10,13,16,18H,2-6,11-12H2,1H3/p+1/t16-,18+/m0/s1. The number of hydrogen-bond acceptors (Lipinski definition) is 2. The molecule has 0 bridgehead atoms. The van der Waals surface area contributed by atoms with Gasteiger partial charge in [0.1, 0.15) is 0 Å². The molecule has 112 valence electrons. The first-order chi connectivity index (χ1) is 10.2. The Morgan fingerprint density at radius 1 is 1.14 bits per heavy atom. The van der Waals surface area contributed by atoms with E-state index in [1.165, 1.54) is 45.2 Å². The molecule has 2 aliphatic heterocycles. The average molecular weight is 285 g/mol. The lowest BCUT2D eigenvalue weighted by Crippen LogP contribution is -3.18. The monoisotopic (exact) mass is 285 g/mol. The number of quaternary nitrogens is 1. The van der Waals surface area contributed by atoms with E-state index in [2.05, 4.69) is 11.2 Å². The Morgan fingerprint density at radius 3 is 2.67 bits per heavy atom. The van der Waals surface area contributed by atoms with E-state index in [9.17, 15) is 4.79 Å². The fourth-order valence-corrected chi connectivity index (χ4v) is 3.84. The van der Waals surface area contributed by atoms with E-state index < -0.39 is 0 Å². The molecule has 3 atom stereocenters. The molecule has 2 fully saturated rings. The van der Waals surface area contributed by atoms with Crippen molar-refractivity contribution < 1.29 is 9.69 Å². The van der Waals surface area contributed by atoms with Crippen LogP contribution in [0.3, 0.4) is 0 Å². The number of ketones is 1. The summed E-state index contributed by atoms with van der Waals surface area (Å²) in [4.78, 5) is 17.8. The number of carbonyl (C=O) groups excluding carboxylic acids is 1. The van der Waals surface area contributed by atoms with Crippen LogP contribution in [0, 0.1) is 5.92 Å². The molecule has 2 saturated heterocycles. The van der Waals surface area contributed by atoms with Gasteiger partial charge in [0.2, 0.25) is 0 Å². The van der Waals surface area contributed by atoms with Gasteiger partial charge in [0.25, 0.3) is 0 Å². The van der Waals surface area contributed by atoms with Crippen molar-refractivity contribution in [1.29, 1.82) is 0 Å². The van der Waals surface area contributed by atoms with Crippen LogP contribution >= 0.6 is 0 Å². The SMILES string of the molecule is CC(=O)c1ccc(N=C[C@@H]2CCC[NH+]3CCCC[C@H]23)cc1. The van der Waals surface area contributed by atoms with Crippen molar-refractivity contribution in [3.8, 4) is 0 Å². The van der Waals surface area contributed by atoms with Crippen LogP contribution in [-0.2, 0) is 0 Å². The summed E-state index contributed by atoms with van der Waals surface area (Å²) in [5.41, 5.74) is 1.72. The molecule has 0 saturated carbocycles. The molecule has 1 aromatic carbocycles. The van der Waals surface area contributed by atoms with Gasteiger partial charge in [0.15, 0.2) is 5.78 Å². The number of piperidine rings is 2. The zero-order valence-electron chi connectivity index (χ0n) is 12.8.